The molecule has 7 nitrogen and oxygen atoms in total. The number of benzene rings is 1. The minimum absolute atomic E-state index is 0.0819. The van der Waals surface area contributed by atoms with Crippen LogP contribution in [0.25, 0.3) is 0 Å². The molecule has 1 unspecified atom stereocenters. The van der Waals surface area contributed by atoms with Crippen molar-refractivity contribution in [3.8, 4) is 0 Å². The lowest BCUT2D eigenvalue weighted by Crippen LogP contribution is -2.45. The lowest BCUT2D eigenvalue weighted by atomic mass is 9.89. The van der Waals surface area contributed by atoms with E-state index in [1.54, 1.807) is 0 Å². The van der Waals surface area contributed by atoms with Gasteiger partial charge in [-0.15, -0.1) is 0 Å². The fraction of sp³-hybridized carbons (Fsp3) is 0.529. The number of unbranched alkanes of at least 4 members (excludes halogenated alkanes) is 1. The Hall–Kier alpha value is -1.93. The van der Waals surface area contributed by atoms with Crippen molar-refractivity contribution in [3.63, 3.8) is 0 Å². The summed E-state index contributed by atoms with van der Waals surface area (Å²) in [5.41, 5.74) is 1.12. The maximum absolute atomic E-state index is 12.0. The van der Waals surface area contributed by atoms with Crippen LogP contribution in [-0.2, 0) is 19.7 Å². The summed E-state index contributed by atoms with van der Waals surface area (Å²) < 4.78 is 30.4. The third-order valence-electron chi connectivity index (χ3n) is 3.91. The van der Waals surface area contributed by atoms with E-state index in [9.17, 15) is 18.0 Å². The Morgan fingerprint density at radius 2 is 1.80 bits per heavy atom. The van der Waals surface area contributed by atoms with Crippen LogP contribution >= 0.6 is 0 Å². The molecular formula is C17H25NO6S. The van der Waals surface area contributed by atoms with Gasteiger partial charge < -0.3 is 10.4 Å². The van der Waals surface area contributed by atoms with Crippen molar-refractivity contribution < 1.29 is 27.7 Å². The van der Waals surface area contributed by atoms with Crippen molar-refractivity contribution in [1.29, 1.82) is 0 Å². The zero-order chi connectivity index (χ0) is 18.9. The van der Waals surface area contributed by atoms with Crippen LogP contribution in [0.5, 0.6) is 0 Å². The predicted octanol–water partition coefficient (Wildman–Crippen LogP) is 2.20. The molecule has 1 aromatic rings. The van der Waals surface area contributed by atoms with Gasteiger partial charge in [0.15, 0.2) is 0 Å². The molecule has 3 N–H and O–H groups in total. The number of rotatable bonds is 11. The lowest BCUT2D eigenvalue weighted by molar-refractivity contribution is -0.141. The molecule has 0 aliphatic rings. The predicted molar refractivity (Wildman–Crippen MR) is 93.9 cm³/mol. The molecule has 0 bridgehead atoms. The van der Waals surface area contributed by atoms with Gasteiger partial charge in [0.25, 0.3) is 10.1 Å². The van der Waals surface area contributed by atoms with Crippen molar-refractivity contribution in [3.05, 3.63) is 35.9 Å². The number of carboxylic acid groups (broad SMARTS) is 1. The Labute approximate surface area is 148 Å². The summed E-state index contributed by atoms with van der Waals surface area (Å²) in [6, 6.07) is 8.11. The number of amides is 1. The van der Waals surface area contributed by atoms with Crippen molar-refractivity contribution in [1.82, 2.24) is 5.32 Å². The first kappa shape index (κ1) is 21.1. The Morgan fingerprint density at radius 3 is 2.32 bits per heavy atom. The highest BCUT2D eigenvalue weighted by molar-refractivity contribution is 7.85. The molecule has 0 heterocycles. The SMILES string of the molecule is CCCCC(CCC(=O)N[C@@H](CS(=O)(=O)O)C(=O)O)c1ccccc1. The molecule has 0 aromatic heterocycles. The molecule has 0 radical (unpaired) electrons. The first-order valence-electron chi connectivity index (χ1n) is 8.25. The molecule has 1 amide bonds. The molecule has 2 atom stereocenters. The summed E-state index contributed by atoms with van der Waals surface area (Å²) >= 11 is 0. The molecule has 25 heavy (non-hydrogen) atoms. The van der Waals surface area contributed by atoms with Gasteiger partial charge in [-0.3, -0.25) is 9.35 Å². The molecule has 0 saturated carbocycles. The van der Waals surface area contributed by atoms with Crippen LogP contribution in [0, 0.1) is 0 Å². The Bertz CT molecular complexity index is 659. The van der Waals surface area contributed by atoms with Gasteiger partial charge in [0, 0.05) is 6.42 Å². The van der Waals surface area contributed by atoms with Crippen LogP contribution in [0.4, 0.5) is 0 Å². The summed E-state index contributed by atoms with van der Waals surface area (Å²) in [4.78, 5) is 23.0. The van der Waals surface area contributed by atoms with Gasteiger partial charge in [-0.1, -0.05) is 50.1 Å². The van der Waals surface area contributed by atoms with E-state index < -0.39 is 33.8 Å². The Balaban J connectivity index is 2.65. The zero-order valence-electron chi connectivity index (χ0n) is 14.2. The average Bonchev–Trinajstić information content (AvgIpc) is 2.54. The number of carbonyl (C=O) groups excluding carboxylic acids is 1. The standard InChI is InChI=1S/C17H25NO6S/c1-2-3-7-14(13-8-5-4-6-9-13)10-11-16(19)18-15(17(20)21)12-25(22,23)24/h4-6,8-9,14-15H,2-3,7,10-12H2,1H3,(H,18,19)(H,20,21)(H,22,23,24)/t14?,15-/m0/s1. The highest BCUT2D eigenvalue weighted by Crippen LogP contribution is 2.26. The molecular weight excluding hydrogens is 346 g/mol. The van der Waals surface area contributed by atoms with Crippen LogP contribution in [-0.4, -0.2) is 41.7 Å². The van der Waals surface area contributed by atoms with Crippen molar-refractivity contribution in [2.45, 2.75) is 51.0 Å². The molecule has 0 aliphatic heterocycles. The summed E-state index contributed by atoms with van der Waals surface area (Å²) in [7, 11) is -4.50. The third-order valence-corrected chi connectivity index (χ3v) is 4.66. The van der Waals surface area contributed by atoms with E-state index in [0.29, 0.717) is 6.42 Å². The maximum Gasteiger partial charge on any atom is 0.327 e. The molecule has 0 spiro atoms. The van der Waals surface area contributed by atoms with Crippen molar-refractivity contribution >= 4 is 22.0 Å². The highest BCUT2D eigenvalue weighted by Gasteiger charge is 2.26. The maximum atomic E-state index is 12.0. The Kier molecular flexibility index (Phi) is 8.57. The van der Waals surface area contributed by atoms with E-state index in [4.69, 9.17) is 9.66 Å². The number of carboxylic acids is 1. The Morgan fingerprint density at radius 1 is 1.16 bits per heavy atom. The molecule has 1 rings (SSSR count). The number of hydrogen-bond donors (Lipinski definition) is 3. The van der Waals surface area contributed by atoms with Gasteiger partial charge in [-0.2, -0.15) is 8.42 Å². The fourth-order valence-corrected chi connectivity index (χ4v) is 3.26. The topological polar surface area (TPSA) is 121 Å². The second-order valence-electron chi connectivity index (χ2n) is 6.00. The lowest BCUT2D eigenvalue weighted by Gasteiger charge is -2.18. The van der Waals surface area contributed by atoms with Gasteiger partial charge in [0.1, 0.15) is 11.8 Å². The van der Waals surface area contributed by atoms with Crippen molar-refractivity contribution in [2.75, 3.05) is 5.75 Å². The first-order chi connectivity index (χ1) is 11.7. The second-order valence-corrected chi connectivity index (χ2v) is 7.49. The minimum atomic E-state index is -4.50. The smallest absolute Gasteiger partial charge is 0.327 e. The van der Waals surface area contributed by atoms with Crippen LogP contribution in [0.1, 0.15) is 50.5 Å². The molecule has 8 heteroatoms. The minimum Gasteiger partial charge on any atom is -0.480 e. The van der Waals surface area contributed by atoms with Gasteiger partial charge in [-0.05, 0) is 24.3 Å². The molecule has 0 aliphatic carbocycles. The highest BCUT2D eigenvalue weighted by atomic mass is 32.2. The number of hydrogen-bond acceptors (Lipinski definition) is 4. The van der Waals surface area contributed by atoms with Crippen LogP contribution < -0.4 is 5.32 Å². The molecule has 140 valence electrons. The summed E-state index contributed by atoms with van der Waals surface area (Å²) in [6.45, 7) is 2.08. The molecule has 0 saturated heterocycles. The number of nitrogens with one attached hydrogen (secondary N) is 1. The zero-order valence-corrected chi connectivity index (χ0v) is 15.0. The van der Waals surface area contributed by atoms with Crippen molar-refractivity contribution in [2.24, 2.45) is 0 Å². The van der Waals surface area contributed by atoms with E-state index in [2.05, 4.69) is 12.2 Å². The third kappa shape index (κ3) is 8.64. The number of carbonyl (C=O) groups is 2. The first-order valence-corrected chi connectivity index (χ1v) is 9.86. The summed E-state index contributed by atoms with van der Waals surface area (Å²) in [5, 5.41) is 11.1. The second kappa shape index (κ2) is 10.1. The van der Waals surface area contributed by atoms with E-state index >= 15 is 0 Å². The normalized spacial score (nSPS) is 13.8. The van der Waals surface area contributed by atoms with E-state index in [-0.39, 0.29) is 12.3 Å². The van der Waals surface area contributed by atoms with Gasteiger partial charge in [0.05, 0.1) is 0 Å². The van der Waals surface area contributed by atoms with E-state index in [0.717, 1.165) is 24.8 Å². The summed E-state index contributed by atoms with van der Waals surface area (Å²) in [5.74, 6) is -2.92. The monoisotopic (exact) mass is 371 g/mol. The quantitative estimate of drug-likeness (QED) is 0.513. The molecule has 1 aromatic carbocycles. The molecule has 0 fully saturated rings. The average molecular weight is 371 g/mol. The van der Waals surface area contributed by atoms with Crippen LogP contribution in [0.3, 0.4) is 0 Å². The summed E-state index contributed by atoms with van der Waals surface area (Å²) in [6.07, 6.45) is 3.58. The van der Waals surface area contributed by atoms with Gasteiger partial charge in [0.2, 0.25) is 5.91 Å². The fourth-order valence-electron chi connectivity index (χ4n) is 2.61. The van der Waals surface area contributed by atoms with Crippen LogP contribution in [0.2, 0.25) is 0 Å². The van der Waals surface area contributed by atoms with Gasteiger partial charge >= 0.3 is 5.97 Å². The van der Waals surface area contributed by atoms with Gasteiger partial charge in [-0.25, -0.2) is 4.79 Å². The van der Waals surface area contributed by atoms with Crippen LogP contribution in [0.15, 0.2) is 30.3 Å². The van der Waals surface area contributed by atoms with E-state index in [1.807, 2.05) is 30.3 Å². The number of aliphatic carboxylic acids is 1. The largest absolute Gasteiger partial charge is 0.480 e. The van der Waals surface area contributed by atoms with E-state index in [1.165, 1.54) is 0 Å².